The number of benzene rings is 2. The van der Waals surface area contributed by atoms with Crippen molar-refractivity contribution in [3.8, 4) is 0 Å². The van der Waals surface area contributed by atoms with Crippen LogP contribution in [0, 0.1) is 0 Å². The summed E-state index contributed by atoms with van der Waals surface area (Å²) in [6, 6.07) is 15.4. The number of carbonyl (C=O) groups excluding carboxylic acids is 1. The predicted molar refractivity (Wildman–Crippen MR) is 92.4 cm³/mol. The van der Waals surface area contributed by atoms with Crippen molar-refractivity contribution in [2.75, 3.05) is 23.7 Å². The molecule has 0 aliphatic rings. The average molecular weight is 353 g/mol. The maximum absolute atomic E-state index is 12.1. The lowest BCUT2D eigenvalue weighted by Gasteiger charge is -2.22. The van der Waals surface area contributed by atoms with Crippen LogP contribution in [0.1, 0.15) is 10.4 Å². The molecule has 2 rings (SSSR count). The fourth-order valence-electron chi connectivity index (χ4n) is 2.09. The molecule has 0 radical (unpaired) electrons. The van der Waals surface area contributed by atoms with E-state index >= 15 is 0 Å². The van der Waals surface area contributed by atoms with Crippen LogP contribution < -0.4 is 9.62 Å². The van der Waals surface area contributed by atoms with Gasteiger partial charge in [0.2, 0.25) is 10.0 Å². The summed E-state index contributed by atoms with van der Waals surface area (Å²) in [6.45, 7) is 0.311. The molecule has 0 aliphatic heterocycles. The molecule has 0 atom stereocenters. The second-order valence-electron chi connectivity index (χ2n) is 4.91. The first-order valence-corrected chi connectivity index (χ1v) is 9.17. The van der Waals surface area contributed by atoms with Crippen LogP contribution >= 0.6 is 11.6 Å². The molecule has 0 fully saturated rings. The summed E-state index contributed by atoms with van der Waals surface area (Å²) in [6.07, 6.45) is 1.13. The van der Waals surface area contributed by atoms with E-state index < -0.39 is 10.0 Å². The molecule has 122 valence electrons. The van der Waals surface area contributed by atoms with Gasteiger partial charge in [0, 0.05) is 6.54 Å². The number of hydrogen-bond acceptors (Lipinski definition) is 3. The summed E-state index contributed by atoms with van der Waals surface area (Å²) in [4.78, 5) is 12.1. The van der Waals surface area contributed by atoms with Crippen LogP contribution in [0.3, 0.4) is 0 Å². The Hall–Kier alpha value is -2.05. The summed E-state index contributed by atoms with van der Waals surface area (Å²) in [5, 5.41) is 3.04. The quantitative estimate of drug-likeness (QED) is 0.868. The standard InChI is InChI=1S/C16H17ClN2O3S/c1-23(21,22)19(13-7-3-2-4-8-13)12-11-18-16(20)14-9-5-6-10-15(14)17/h2-10H,11-12H2,1H3,(H,18,20). The van der Waals surface area contributed by atoms with Crippen LogP contribution in [0.4, 0.5) is 5.69 Å². The molecule has 7 heteroatoms. The second-order valence-corrected chi connectivity index (χ2v) is 7.22. The van der Waals surface area contributed by atoms with Crippen molar-refractivity contribution in [1.29, 1.82) is 0 Å². The van der Waals surface area contributed by atoms with E-state index in [0.29, 0.717) is 16.3 Å². The fraction of sp³-hybridized carbons (Fsp3) is 0.188. The third-order valence-electron chi connectivity index (χ3n) is 3.16. The topological polar surface area (TPSA) is 66.5 Å². The lowest BCUT2D eigenvalue weighted by atomic mass is 10.2. The van der Waals surface area contributed by atoms with Gasteiger partial charge in [0.25, 0.3) is 5.91 Å². The van der Waals surface area contributed by atoms with Crippen molar-refractivity contribution in [1.82, 2.24) is 5.32 Å². The zero-order valence-electron chi connectivity index (χ0n) is 12.6. The Labute approximate surface area is 140 Å². The Morgan fingerprint density at radius 3 is 2.30 bits per heavy atom. The minimum Gasteiger partial charge on any atom is -0.350 e. The summed E-state index contributed by atoms with van der Waals surface area (Å²) in [7, 11) is -3.43. The zero-order chi connectivity index (χ0) is 16.9. The van der Waals surface area contributed by atoms with Gasteiger partial charge in [-0.15, -0.1) is 0 Å². The van der Waals surface area contributed by atoms with E-state index in [0.717, 1.165) is 6.26 Å². The highest BCUT2D eigenvalue weighted by molar-refractivity contribution is 7.92. The van der Waals surface area contributed by atoms with E-state index in [1.165, 1.54) is 4.31 Å². The fourth-order valence-corrected chi connectivity index (χ4v) is 3.24. The first-order chi connectivity index (χ1) is 10.9. The van der Waals surface area contributed by atoms with Crippen LogP contribution in [0.5, 0.6) is 0 Å². The minimum atomic E-state index is -3.43. The van der Waals surface area contributed by atoms with Gasteiger partial charge in [-0.1, -0.05) is 41.9 Å². The highest BCUT2D eigenvalue weighted by Crippen LogP contribution is 2.16. The van der Waals surface area contributed by atoms with Gasteiger partial charge < -0.3 is 5.32 Å². The smallest absolute Gasteiger partial charge is 0.252 e. The molecule has 0 unspecified atom stereocenters. The SMILES string of the molecule is CS(=O)(=O)N(CCNC(=O)c1ccccc1Cl)c1ccccc1. The molecular formula is C16H17ClN2O3S. The molecule has 0 aromatic heterocycles. The summed E-state index contributed by atoms with van der Waals surface area (Å²) < 4.78 is 25.1. The first-order valence-electron chi connectivity index (χ1n) is 6.95. The van der Waals surface area contributed by atoms with Gasteiger partial charge in [-0.25, -0.2) is 8.42 Å². The molecule has 0 saturated carbocycles. The lowest BCUT2D eigenvalue weighted by molar-refractivity contribution is 0.0955. The van der Waals surface area contributed by atoms with Gasteiger partial charge in [-0.05, 0) is 24.3 Å². The summed E-state index contributed by atoms with van der Waals surface area (Å²) in [5.41, 5.74) is 0.918. The maximum Gasteiger partial charge on any atom is 0.252 e. The minimum absolute atomic E-state index is 0.138. The van der Waals surface area contributed by atoms with Gasteiger partial charge in [0.1, 0.15) is 0 Å². The van der Waals surface area contributed by atoms with Crippen LogP contribution in [0.25, 0.3) is 0 Å². The van der Waals surface area contributed by atoms with Crippen molar-refractivity contribution < 1.29 is 13.2 Å². The molecule has 0 saturated heterocycles. The number of halogens is 1. The molecule has 1 amide bonds. The highest BCUT2D eigenvalue weighted by Gasteiger charge is 2.17. The van der Waals surface area contributed by atoms with Crippen LogP contribution in [-0.2, 0) is 10.0 Å². The number of para-hydroxylation sites is 1. The number of amides is 1. The Morgan fingerprint density at radius 2 is 1.70 bits per heavy atom. The zero-order valence-corrected chi connectivity index (χ0v) is 14.1. The first kappa shape index (κ1) is 17.3. The molecule has 1 N–H and O–H groups in total. The number of rotatable bonds is 6. The third kappa shape index (κ3) is 4.71. The molecule has 0 heterocycles. The van der Waals surface area contributed by atoms with E-state index in [1.807, 2.05) is 6.07 Å². The predicted octanol–water partition coefficient (Wildman–Crippen LogP) is 2.54. The Bertz CT molecular complexity index is 779. The monoisotopic (exact) mass is 352 g/mol. The number of nitrogens with one attached hydrogen (secondary N) is 1. The van der Waals surface area contributed by atoms with Crippen molar-refractivity contribution in [2.24, 2.45) is 0 Å². The van der Waals surface area contributed by atoms with Crippen molar-refractivity contribution in [3.05, 3.63) is 65.2 Å². The molecule has 2 aromatic rings. The van der Waals surface area contributed by atoms with E-state index in [1.54, 1.807) is 48.5 Å². The third-order valence-corrected chi connectivity index (χ3v) is 4.69. The highest BCUT2D eigenvalue weighted by atomic mass is 35.5. The molecular weight excluding hydrogens is 336 g/mol. The average Bonchev–Trinajstić information content (AvgIpc) is 2.51. The van der Waals surface area contributed by atoms with Crippen LogP contribution in [-0.4, -0.2) is 33.7 Å². The van der Waals surface area contributed by atoms with E-state index in [9.17, 15) is 13.2 Å². The van der Waals surface area contributed by atoms with Crippen LogP contribution in [0.2, 0.25) is 5.02 Å². The van der Waals surface area contributed by atoms with Gasteiger partial charge in [-0.3, -0.25) is 9.10 Å². The molecule has 23 heavy (non-hydrogen) atoms. The van der Waals surface area contributed by atoms with Crippen molar-refractivity contribution >= 4 is 33.2 Å². The number of carbonyl (C=O) groups is 1. The largest absolute Gasteiger partial charge is 0.350 e. The number of hydrogen-bond donors (Lipinski definition) is 1. The van der Waals surface area contributed by atoms with Crippen LogP contribution in [0.15, 0.2) is 54.6 Å². The number of anilines is 1. The van der Waals surface area contributed by atoms with Crippen molar-refractivity contribution in [3.63, 3.8) is 0 Å². The normalized spacial score (nSPS) is 11.0. The van der Waals surface area contributed by atoms with E-state index in [4.69, 9.17) is 11.6 Å². The Balaban J connectivity index is 2.03. The summed E-state index contributed by atoms with van der Waals surface area (Å²) in [5.74, 6) is -0.336. The van der Waals surface area contributed by atoms with Gasteiger partial charge in [0.15, 0.2) is 0 Å². The Kier molecular flexibility index (Phi) is 5.63. The van der Waals surface area contributed by atoms with E-state index in [-0.39, 0.29) is 19.0 Å². The molecule has 2 aromatic carbocycles. The lowest BCUT2D eigenvalue weighted by Crippen LogP contribution is -2.38. The molecule has 0 aliphatic carbocycles. The van der Waals surface area contributed by atoms with Gasteiger partial charge in [0.05, 0.1) is 29.1 Å². The molecule has 0 bridgehead atoms. The van der Waals surface area contributed by atoms with Crippen molar-refractivity contribution in [2.45, 2.75) is 0 Å². The molecule has 5 nitrogen and oxygen atoms in total. The number of nitrogens with zero attached hydrogens (tertiary/aromatic N) is 1. The molecule has 0 spiro atoms. The second kappa shape index (κ2) is 7.48. The van der Waals surface area contributed by atoms with Gasteiger partial charge >= 0.3 is 0 Å². The Morgan fingerprint density at radius 1 is 1.09 bits per heavy atom. The summed E-state index contributed by atoms with van der Waals surface area (Å²) >= 11 is 5.96. The van der Waals surface area contributed by atoms with E-state index in [2.05, 4.69) is 5.32 Å². The van der Waals surface area contributed by atoms with Gasteiger partial charge in [-0.2, -0.15) is 0 Å². The maximum atomic E-state index is 12.1. The number of sulfonamides is 1.